The van der Waals surface area contributed by atoms with E-state index in [1.54, 1.807) is 0 Å². The molecule has 2 fully saturated rings. The number of hydrogen-bond donors (Lipinski definition) is 2. The van der Waals surface area contributed by atoms with Crippen LogP contribution in [0.25, 0.3) is 0 Å². The lowest BCUT2D eigenvalue weighted by Crippen LogP contribution is -2.41. The molecule has 2 unspecified atom stereocenters. The Labute approximate surface area is 103 Å². The quantitative estimate of drug-likeness (QED) is 0.775. The lowest BCUT2D eigenvalue weighted by molar-refractivity contribution is -0.125. The van der Waals surface area contributed by atoms with Crippen molar-refractivity contribution >= 4 is 5.91 Å². The number of carbonyl (C=O) groups is 1. The van der Waals surface area contributed by atoms with Crippen molar-refractivity contribution in [1.82, 2.24) is 5.32 Å². The molecule has 2 rings (SSSR count). The molecule has 0 aromatic carbocycles. The van der Waals surface area contributed by atoms with E-state index in [0.717, 1.165) is 38.6 Å². The highest BCUT2D eigenvalue weighted by molar-refractivity contribution is 5.79. The van der Waals surface area contributed by atoms with Gasteiger partial charge >= 0.3 is 0 Å². The summed E-state index contributed by atoms with van der Waals surface area (Å²) in [6.07, 6.45) is 5.56. The minimum absolute atomic E-state index is 0.0669. The van der Waals surface area contributed by atoms with E-state index >= 15 is 0 Å². The third-order valence-corrected chi connectivity index (χ3v) is 4.10. The molecule has 0 bridgehead atoms. The van der Waals surface area contributed by atoms with E-state index in [1.807, 2.05) is 6.92 Å². The number of ether oxygens (including phenoxy) is 1. The zero-order valence-corrected chi connectivity index (χ0v) is 10.7. The first-order valence-electron chi connectivity index (χ1n) is 6.81. The zero-order chi connectivity index (χ0) is 12.3. The fourth-order valence-corrected chi connectivity index (χ4v) is 2.86. The van der Waals surface area contributed by atoms with E-state index < -0.39 is 0 Å². The number of nitrogens with one attached hydrogen (secondary N) is 1. The summed E-state index contributed by atoms with van der Waals surface area (Å²) in [6, 6.07) is 0.362. The number of nitrogens with two attached hydrogens (primary N) is 1. The van der Waals surface area contributed by atoms with Crippen LogP contribution in [0.15, 0.2) is 0 Å². The molecule has 98 valence electrons. The summed E-state index contributed by atoms with van der Waals surface area (Å²) in [5, 5.41) is 3.17. The molecule has 4 heteroatoms. The number of amides is 1. The first-order valence-corrected chi connectivity index (χ1v) is 6.81. The minimum Gasteiger partial charge on any atom is -0.378 e. The van der Waals surface area contributed by atoms with Crippen LogP contribution < -0.4 is 11.1 Å². The third-order valence-electron chi connectivity index (χ3n) is 4.10. The van der Waals surface area contributed by atoms with E-state index in [-0.39, 0.29) is 17.9 Å². The van der Waals surface area contributed by atoms with Crippen LogP contribution in [-0.4, -0.2) is 31.2 Å². The second-order valence-electron chi connectivity index (χ2n) is 5.54. The molecule has 1 amide bonds. The van der Waals surface area contributed by atoms with Crippen LogP contribution in [0.3, 0.4) is 0 Å². The maximum atomic E-state index is 12.0. The predicted octanol–water partition coefficient (Wildman–Crippen LogP) is 1.05. The number of hydrogen-bond acceptors (Lipinski definition) is 3. The molecule has 1 heterocycles. The van der Waals surface area contributed by atoms with Crippen LogP contribution in [0, 0.1) is 11.8 Å². The Morgan fingerprint density at radius 2 is 2.06 bits per heavy atom. The van der Waals surface area contributed by atoms with Gasteiger partial charge in [0.15, 0.2) is 0 Å². The standard InChI is InChI=1S/C13H24N2O2/c1-9-6-11(8-17-9)13(16)15-12-4-2-10(7-14)3-5-12/h9-12H,2-8,14H2,1H3,(H,15,16). The van der Waals surface area contributed by atoms with Crippen molar-refractivity contribution in [3.63, 3.8) is 0 Å². The van der Waals surface area contributed by atoms with Crippen LogP contribution in [0.1, 0.15) is 39.0 Å². The van der Waals surface area contributed by atoms with E-state index in [1.165, 1.54) is 0 Å². The van der Waals surface area contributed by atoms with Crippen LogP contribution >= 0.6 is 0 Å². The fourth-order valence-electron chi connectivity index (χ4n) is 2.86. The summed E-state index contributed by atoms with van der Waals surface area (Å²) in [4.78, 5) is 12.0. The molecule has 2 aliphatic rings. The zero-order valence-electron chi connectivity index (χ0n) is 10.7. The van der Waals surface area contributed by atoms with Crippen molar-refractivity contribution in [2.45, 2.75) is 51.2 Å². The van der Waals surface area contributed by atoms with E-state index in [9.17, 15) is 4.79 Å². The van der Waals surface area contributed by atoms with Crippen molar-refractivity contribution < 1.29 is 9.53 Å². The van der Waals surface area contributed by atoms with Crippen molar-refractivity contribution in [1.29, 1.82) is 0 Å². The second kappa shape index (κ2) is 5.83. The molecule has 0 aromatic heterocycles. The average Bonchev–Trinajstić information content (AvgIpc) is 2.77. The van der Waals surface area contributed by atoms with Crippen molar-refractivity contribution in [3.05, 3.63) is 0 Å². The predicted molar refractivity (Wildman–Crippen MR) is 66.5 cm³/mol. The van der Waals surface area contributed by atoms with Crippen LogP contribution in [0.2, 0.25) is 0 Å². The van der Waals surface area contributed by atoms with E-state index in [2.05, 4.69) is 5.32 Å². The third kappa shape index (κ3) is 3.42. The van der Waals surface area contributed by atoms with Gasteiger partial charge in [0.05, 0.1) is 18.6 Å². The van der Waals surface area contributed by atoms with Gasteiger partial charge < -0.3 is 15.8 Å². The normalized spacial score (nSPS) is 38.0. The number of carbonyl (C=O) groups excluding carboxylic acids is 1. The fraction of sp³-hybridized carbons (Fsp3) is 0.923. The van der Waals surface area contributed by atoms with Crippen LogP contribution in [0.4, 0.5) is 0 Å². The molecule has 3 N–H and O–H groups in total. The van der Waals surface area contributed by atoms with Gasteiger partial charge in [0, 0.05) is 6.04 Å². The minimum atomic E-state index is 0.0669. The molecule has 1 aliphatic carbocycles. The number of rotatable bonds is 3. The molecule has 1 saturated carbocycles. The Kier molecular flexibility index (Phi) is 4.40. The van der Waals surface area contributed by atoms with Gasteiger partial charge in [-0.1, -0.05) is 0 Å². The first kappa shape index (κ1) is 12.8. The Bertz CT molecular complexity index is 262. The molecule has 0 spiro atoms. The Morgan fingerprint density at radius 1 is 1.35 bits per heavy atom. The first-order chi connectivity index (χ1) is 8.19. The van der Waals surface area contributed by atoms with Crippen molar-refractivity contribution in [3.8, 4) is 0 Å². The molecule has 17 heavy (non-hydrogen) atoms. The maximum Gasteiger partial charge on any atom is 0.225 e. The van der Waals surface area contributed by atoms with Crippen molar-refractivity contribution in [2.75, 3.05) is 13.2 Å². The highest BCUT2D eigenvalue weighted by atomic mass is 16.5. The Morgan fingerprint density at radius 3 is 2.59 bits per heavy atom. The second-order valence-corrected chi connectivity index (χ2v) is 5.54. The smallest absolute Gasteiger partial charge is 0.225 e. The molecule has 0 radical (unpaired) electrons. The molecule has 2 atom stereocenters. The van der Waals surface area contributed by atoms with Gasteiger partial charge in [-0.05, 0) is 51.5 Å². The van der Waals surface area contributed by atoms with E-state index in [0.29, 0.717) is 18.6 Å². The topological polar surface area (TPSA) is 64.4 Å². The lowest BCUT2D eigenvalue weighted by atomic mass is 9.86. The monoisotopic (exact) mass is 240 g/mol. The van der Waals surface area contributed by atoms with Gasteiger partial charge in [-0.25, -0.2) is 0 Å². The van der Waals surface area contributed by atoms with E-state index in [4.69, 9.17) is 10.5 Å². The molecular weight excluding hydrogens is 216 g/mol. The Balaban J connectivity index is 1.72. The lowest BCUT2D eigenvalue weighted by Gasteiger charge is -2.29. The van der Waals surface area contributed by atoms with Crippen LogP contribution in [-0.2, 0) is 9.53 Å². The van der Waals surface area contributed by atoms with Crippen molar-refractivity contribution in [2.24, 2.45) is 17.6 Å². The molecule has 4 nitrogen and oxygen atoms in total. The molecular formula is C13H24N2O2. The summed E-state index contributed by atoms with van der Waals surface area (Å²) in [5.74, 6) is 0.917. The highest BCUT2D eigenvalue weighted by Crippen LogP contribution is 2.24. The largest absolute Gasteiger partial charge is 0.378 e. The summed E-state index contributed by atoms with van der Waals surface area (Å²) >= 11 is 0. The van der Waals surface area contributed by atoms with Gasteiger partial charge in [0.2, 0.25) is 5.91 Å². The summed E-state index contributed by atoms with van der Waals surface area (Å²) < 4.78 is 5.43. The highest BCUT2D eigenvalue weighted by Gasteiger charge is 2.30. The molecule has 1 aliphatic heterocycles. The average molecular weight is 240 g/mol. The van der Waals surface area contributed by atoms with Gasteiger partial charge in [-0.3, -0.25) is 4.79 Å². The molecule has 0 aromatic rings. The summed E-state index contributed by atoms with van der Waals surface area (Å²) in [5.41, 5.74) is 5.66. The maximum absolute atomic E-state index is 12.0. The van der Waals surface area contributed by atoms with Gasteiger partial charge in [0.1, 0.15) is 0 Å². The van der Waals surface area contributed by atoms with Crippen LogP contribution in [0.5, 0.6) is 0 Å². The van der Waals surface area contributed by atoms with Gasteiger partial charge in [0.25, 0.3) is 0 Å². The molecule has 1 saturated heterocycles. The summed E-state index contributed by atoms with van der Waals surface area (Å²) in [7, 11) is 0. The summed E-state index contributed by atoms with van der Waals surface area (Å²) in [6.45, 7) is 3.40. The van der Waals surface area contributed by atoms with Gasteiger partial charge in [-0.2, -0.15) is 0 Å². The Hall–Kier alpha value is -0.610. The SMILES string of the molecule is CC1CC(C(=O)NC2CCC(CN)CC2)CO1. The van der Waals surface area contributed by atoms with Gasteiger partial charge in [-0.15, -0.1) is 0 Å².